The Bertz CT molecular complexity index is 497. The van der Waals surface area contributed by atoms with Crippen molar-refractivity contribution in [1.29, 1.82) is 0 Å². The third-order valence-corrected chi connectivity index (χ3v) is 4.49. The highest BCUT2D eigenvalue weighted by molar-refractivity contribution is 5.94. The van der Waals surface area contributed by atoms with E-state index >= 15 is 0 Å². The summed E-state index contributed by atoms with van der Waals surface area (Å²) in [7, 11) is 1.61. The molecule has 2 saturated heterocycles. The van der Waals surface area contributed by atoms with Crippen molar-refractivity contribution in [3.8, 4) is 5.75 Å². The van der Waals surface area contributed by atoms with E-state index in [1.165, 1.54) is 12.8 Å². The molecule has 0 spiro atoms. The maximum atomic E-state index is 12.5. The number of nitrogens with zero attached hydrogens (tertiary/aromatic N) is 2. The van der Waals surface area contributed by atoms with E-state index in [4.69, 9.17) is 4.74 Å². The van der Waals surface area contributed by atoms with Crippen LogP contribution in [-0.4, -0.2) is 66.2 Å². The first kappa shape index (κ1) is 14.4. The van der Waals surface area contributed by atoms with Gasteiger partial charge < -0.3 is 14.7 Å². The van der Waals surface area contributed by atoms with E-state index < -0.39 is 6.10 Å². The normalized spacial score (nSPS) is 26.3. The SMILES string of the molecule is COc1ccc(C(=O)N2C[C@@H](O)[C@H](N3CCCC3)C2)cc1. The van der Waals surface area contributed by atoms with E-state index in [1.54, 1.807) is 36.3 Å². The Morgan fingerprint density at radius 1 is 1.19 bits per heavy atom. The molecule has 114 valence electrons. The van der Waals surface area contributed by atoms with Crippen LogP contribution in [0.2, 0.25) is 0 Å². The number of benzene rings is 1. The number of aliphatic hydroxyl groups excluding tert-OH is 1. The summed E-state index contributed by atoms with van der Waals surface area (Å²) in [5, 5.41) is 10.2. The van der Waals surface area contributed by atoms with Gasteiger partial charge >= 0.3 is 0 Å². The molecule has 21 heavy (non-hydrogen) atoms. The molecule has 5 nitrogen and oxygen atoms in total. The standard InChI is InChI=1S/C16H22N2O3/c1-21-13-6-4-12(5-7-13)16(20)18-10-14(15(19)11-18)17-8-2-3-9-17/h4-7,14-15,19H,2-3,8-11H2,1H3/t14-,15-/m1/s1. The van der Waals surface area contributed by atoms with Crippen molar-refractivity contribution in [2.75, 3.05) is 33.3 Å². The molecule has 2 aliphatic rings. The minimum Gasteiger partial charge on any atom is -0.497 e. The quantitative estimate of drug-likeness (QED) is 0.901. The fraction of sp³-hybridized carbons (Fsp3) is 0.562. The Labute approximate surface area is 125 Å². The van der Waals surface area contributed by atoms with Crippen LogP contribution >= 0.6 is 0 Å². The van der Waals surface area contributed by atoms with Gasteiger partial charge in [-0.2, -0.15) is 0 Å². The number of methoxy groups -OCH3 is 1. The van der Waals surface area contributed by atoms with Crippen LogP contribution < -0.4 is 4.74 Å². The zero-order valence-corrected chi connectivity index (χ0v) is 12.4. The number of likely N-dealkylation sites (tertiary alicyclic amines) is 2. The number of aliphatic hydroxyl groups is 1. The molecule has 2 atom stereocenters. The second kappa shape index (κ2) is 6.03. The molecule has 0 bridgehead atoms. The lowest BCUT2D eigenvalue weighted by Gasteiger charge is -2.25. The van der Waals surface area contributed by atoms with E-state index in [9.17, 15) is 9.90 Å². The number of rotatable bonds is 3. The molecule has 0 radical (unpaired) electrons. The van der Waals surface area contributed by atoms with Crippen LogP contribution in [0.3, 0.4) is 0 Å². The molecule has 1 N–H and O–H groups in total. The van der Waals surface area contributed by atoms with Crippen LogP contribution in [0.4, 0.5) is 0 Å². The van der Waals surface area contributed by atoms with Gasteiger partial charge in [-0.25, -0.2) is 0 Å². The summed E-state index contributed by atoms with van der Waals surface area (Å²) in [6.45, 7) is 3.11. The van der Waals surface area contributed by atoms with Crippen molar-refractivity contribution in [2.24, 2.45) is 0 Å². The molecule has 3 rings (SSSR count). The minimum absolute atomic E-state index is 0.0154. The van der Waals surface area contributed by atoms with Gasteiger partial charge in [-0.15, -0.1) is 0 Å². The summed E-state index contributed by atoms with van der Waals surface area (Å²) in [5.74, 6) is 0.723. The van der Waals surface area contributed by atoms with E-state index in [0.29, 0.717) is 18.7 Å². The first-order chi connectivity index (χ1) is 10.2. The van der Waals surface area contributed by atoms with Gasteiger partial charge in [0.1, 0.15) is 5.75 Å². The van der Waals surface area contributed by atoms with E-state index in [2.05, 4.69) is 4.90 Å². The van der Waals surface area contributed by atoms with Crippen molar-refractivity contribution in [3.63, 3.8) is 0 Å². The van der Waals surface area contributed by atoms with E-state index in [1.807, 2.05) is 0 Å². The first-order valence-electron chi connectivity index (χ1n) is 7.54. The molecule has 0 saturated carbocycles. The summed E-state index contributed by atoms with van der Waals surface area (Å²) >= 11 is 0. The number of ether oxygens (including phenoxy) is 1. The van der Waals surface area contributed by atoms with Gasteiger partial charge in [-0.05, 0) is 50.2 Å². The summed E-state index contributed by atoms with van der Waals surface area (Å²) in [6.07, 6.45) is 1.94. The maximum Gasteiger partial charge on any atom is 0.254 e. The third kappa shape index (κ3) is 2.89. The summed E-state index contributed by atoms with van der Waals surface area (Å²) in [6, 6.07) is 7.22. The van der Waals surface area contributed by atoms with Crippen molar-refractivity contribution in [1.82, 2.24) is 9.80 Å². The molecule has 5 heteroatoms. The fourth-order valence-corrected chi connectivity index (χ4v) is 3.28. The van der Waals surface area contributed by atoms with Crippen molar-refractivity contribution >= 4 is 5.91 Å². The third-order valence-electron chi connectivity index (χ3n) is 4.49. The molecular weight excluding hydrogens is 268 g/mol. The number of carbonyl (C=O) groups excluding carboxylic acids is 1. The molecule has 1 amide bonds. The monoisotopic (exact) mass is 290 g/mol. The van der Waals surface area contributed by atoms with E-state index in [0.717, 1.165) is 18.8 Å². The second-order valence-electron chi connectivity index (χ2n) is 5.82. The minimum atomic E-state index is -0.440. The highest BCUT2D eigenvalue weighted by atomic mass is 16.5. The average molecular weight is 290 g/mol. The van der Waals surface area contributed by atoms with Crippen LogP contribution in [0.5, 0.6) is 5.75 Å². The average Bonchev–Trinajstić information content (AvgIpc) is 3.15. The van der Waals surface area contributed by atoms with Gasteiger partial charge in [-0.1, -0.05) is 0 Å². The van der Waals surface area contributed by atoms with Gasteiger partial charge in [0, 0.05) is 18.7 Å². The predicted molar refractivity (Wildman–Crippen MR) is 79.5 cm³/mol. The molecule has 0 aliphatic carbocycles. The van der Waals surface area contributed by atoms with Gasteiger partial charge in [0.2, 0.25) is 0 Å². The number of carbonyl (C=O) groups is 1. The summed E-state index contributed by atoms with van der Waals surface area (Å²) in [4.78, 5) is 16.6. The van der Waals surface area contributed by atoms with Crippen LogP contribution in [0.1, 0.15) is 23.2 Å². The molecule has 1 aromatic rings. The largest absolute Gasteiger partial charge is 0.497 e. The Balaban J connectivity index is 1.67. The lowest BCUT2D eigenvalue weighted by atomic mass is 10.2. The zero-order valence-electron chi connectivity index (χ0n) is 12.4. The number of β-amino-alcohol motifs (C(OH)–C–C–N with tert-alkyl or cyclic N) is 1. The smallest absolute Gasteiger partial charge is 0.254 e. The number of amides is 1. The fourth-order valence-electron chi connectivity index (χ4n) is 3.28. The number of hydrogen-bond donors (Lipinski definition) is 1. The van der Waals surface area contributed by atoms with Crippen LogP contribution in [-0.2, 0) is 0 Å². The van der Waals surface area contributed by atoms with Crippen molar-refractivity contribution in [3.05, 3.63) is 29.8 Å². The van der Waals surface area contributed by atoms with Crippen molar-refractivity contribution in [2.45, 2.75) is 25.0 Å². The van der Waals surface area contributed by atoms with Gasteiger partial charge in [0.15, 0.2) is 0 Å². The Morgan fingerprint density at radius 3 is 2.48 bits per heavy atom. The Kier molecular flexibility index (Phi) is 4.12. The summed E-state index contributed by atoms with van der Waals surface area (Å²) < 4.78 is 5.10. The van der Waals surface area contributed by atoms with Crippen molar-refractivity contribution < 1.29 is 14.6 Å². The zero-order chi connectivity index (χ0) is 14.8. The topological polar surface area (TPSA) is 53.0 Å². The molecule has 2 aliphatic heterocycles. The molecule has 0 aromatic heterocycles. The highest BCUT2D eigenvalue weighted by Crippen LogP contribution is 2.23. The molecule has 1 aromatic carbocycles. The van der Waals surface area contributed by atoms with Crippen LogP contribution in [0, 0.1) is 0 Å². The second-order valence-corrected chi connectivity index (χ2v) is 5.82. The molecule has 2 fully saturated rings. The first-order valence-corrected chi connectivity index (χ1v) is 7.54. The Morgan fingerprint density at radius 2 is 1.86 bits per heavy atom. The lowest BCUT2D eigenvalue weighted by Crippen LogP contribution is -2.41. The summed E-state index contributed by atoms with van der Waals surface area (Å²) in [5.41, 5.74) is 0.644. The van der Waals surface area contributed by atoms with Gasteiger partial charge in [0.25, 0.3) is 5.91 Å². The Hall–Kier alpha value is -1.59. The van der Waals surface area contributed by atoms with Gasteiger partial charge in [0.05, 0.1) is 19.3 Å². The van der Waals surface area contributed by atoms with Crippen LogP contribution in [0.15, 0.2) is 24.3 Å². The highest BCUT2D eigenvalue weighted by Gasteiger charge is 2.38. The molecule has 2 heterocycles. The number of hydrogen-bond acceptors (Lipinski definition) is 4. The molecular formula is C16H22N2O3. The maximum absolute atomic E-state index is 12.5. The van der Waals surface area contributed by atoms with E-state index in [-0.39, 0.29) is 11.9 Å². The molecule has 0 unspecified atom stereocenters. The van der Waals surface area contributed by atoms with Crippen LogP contribution in [0.25, 0.3) is 0 Å². The lowest BCUT2D eigenvalue weighted by molar-refractivity contribution is 0.0763. The predicted octanol–water partition coefficient (Wildman–Crippen LogP) is 0.976. The van der Waals surface area contributed by atoms with Gasteiger partial charge in [-0.3, -0.25) is 9.69 Å².